The van der Waals surface area contributed by atoms with Crippen LogP contribution >= 0.6 is 11.3 Å². The molecule has 2 heterocycles. The molecule has 1 aliphatic heterocycles. The summed E-state index contributed by atoms with van der Waals surface area (Å²) in [6, 6.07) is 7.67. The third kappa shape index (κ3) is 3.73. The van der Waals surface area contributed by atoms with Gasteiger partial charge >= 0.3 is 6.03 Å². The van der Waals surface area contributed by atoms with Crippen molar-refractivity contribution in [2.24, 2.45) is 0 Å². The number of amides is 4. The van der Waals surface area contributed by atoms with E-state index in [0.717, 1.165) is 47.5 Å². The van der Waals surface area contributed by atoms with Gasteiger partial charge in [-0.05, 0) is 31.4 Å². The average molecular weight is 415 g/mol. The van der Waals surface area contributed by atoms with Crippen molar-refractivity contribution < 1.29 is 14.4 Å². The molecule has 2 fully saturated rings. The zero-order chi connectivity index (χ0) is 20.4. The Labute approximate surface area is 174 Å². The zero-order valence-electron chi connectivity index (χ0n) is 16.6. The summed E-state index contributed by atoms with van der Waals surface area (Å²) >= 11 is 1.67. The molecular formula is C21H26N4O3S. The number of likely N-dealkylation sites (N-methyl/N-ethyl adjacent to an activating group) is 1. The Morgan fingerprint density at radius 3 is 2.72 bits per heavy atom. The highest BCUT2D eigenvalue weighted by atomic mass is 32.1. The standard InChI is InChI=1S/C21H26N4O3S/c1-24-20(28)25(19(27)21(24)11-5-2-6-12-21)14-17(26)22-13-7-10-18-23-15-8-3-4-9-16(15)29-18/h3-4,8-9H,2,5-7,10-14H2,1H3,(H,22,26). The SMILES string of the molecule is CN1C(=O)N(CC(=O)NCCCc2nc3ccccc3s2)C(=O)C12CCCCC2. The predicted octanol–water partition coefficient (Wildman–Crippen LogP) is 2.94. The molecule has 154 valence electrons. The molecule has 0 bridgehead atoms. The summed E-state index contributed by atoms with van der Waals surface area (Å²) in [5.74, 6) is -0.508. The first-order chi connectivity index (χ1) is 14.0. The van der Waals surface area contributed by atoms with Crippen LogP contribution in [0.25, 0.3) is 10.2 Å². The van der Waals surface area contributed by atoms with Crippen LogP contribution < -0.4 is 5.32 Å². The first-order valence-corrected chi connectivity index (χ1v) is 11.0. The molecule has 4 rings (SSSR count). The molecule has 1 aliphatic carbocycles. The minimum Gasteiger partial charge on any atom is -0.355 e. The summed E-state index contributed by atoms with van der Waals surface area (Å²) in [4.78, 5) is 45.1. The maximum absolute atomic E-state index is 12.9. The van der Waals surface area contributed by atoms with Crippen LogP contribution in [0.1, 0.15) is 43.5 Å². The molecule has 0 atom stereocenters. The lowest BCUT2D eigenvalue weighted by molar-refractivity contribution is -0.137. The van der Waals surface area contributed by atoms with E-state index in [9.17, 15) is 14.4 Å². The summed E-state index contributed by atoms with van der Waals surface area (Å²) < 4.78 is 1.17. The number of carbonyl (C=O) groups excluding carboxylic acids is 3. The lowest BCUT2D eigenvalue weighted by Gasteiger charge is -2.35. The van der Waals surface area contributed by atoms with Gasteiger partial charge in [-0.2, -0.15) is 0 Å². The van der Waals surface area contributed by atoms with Gasteiger partial charge in [0, 0.05) is 20.0 Å². The third-order valence-electron chi connectivity index (χ3n) is 6.01. The number of nitrogens with one attached hydrogen (secondary N) is 1. The Morgan fingerprint density at radius 1 is 1.21 bits per heavy atom. The molecule has 1 aromatic heterocycles. The predicted molar refractivity (Wildman–Crippen MR) is 112 cm³/mol. The zero-order valence-corrected chi connectivity index (χ0v) is 17.5. The summed E-state index contributed by atoms with van der Waals surface area (Å²) in [7, 11) is 1.68. The van der Waals surface area contributed by atoms with Gasteiger partial charge in [-0.3, -0.25) is 14.5 Å². The van der Waals surface area contributed by atoms with Gasteiger partial charge < -0.3 is 10.2 Å². The van der Waals surface area contributed by atoms with E-state index in [2.05, 4.69) is 16.4 Å². The van der Waals surface area contributed by atoms with Crippen molar-refractivity contribution >= 4 is 39.4 Å². The average Bonchev–Trinajstić information content (AvgIpc) is 3.22. The second kappa shape index (κ2) is 8.10. The molecular weight excluding hydrogens is 388 g/mol. The highest BCUT2D eigenvalue weighted by Crippen LogP contribution is 2.39. The molecule has 1 saturated heterocycles. The van der Waals surface area contributed by atoms with Gasteiger partial charge in [-0.25, -0.2) is 9.78 Å². The van der Waals surface area contributed by atoms with Crippen LogP contribution in [0.5, 0.6) is 0 Å². The van der Waals surface area contributed by atoms with Gasteiger partial charge in [-0.15, -0.1) is 11.3 Å². The van der Waals surface area contributed by atoms with Crippen molar-refractivity contribution in [3.05, 3.63) is 29.3 Å². The summed E-state index contributed by atoms with van der Waals surface area (Å²) in [5, 5.41) is 3.88. The van der Waals surface area contributed by atoms with Crippen LogP contribution in [0.4, 0.5) is 4.79 Å². The van der Waals surface area contributed by atoms with Crippen molar-refractivity contribution in [2.75, 3.05) is 20.1 Å². The van der Waals surface area contributed by atoms with E-state index in [1.807, 2.05) is 18.2 Å². The van der Waals surface area contributed by atoms with Crippen LogP contribution in [0.2, 0.25) is 0 Å². The Morgan fingerprint density at radius 2 is 1.97 bits per heavy atom. The fourth-order valence-corrected chi connectivity index (χ4v) is 5.37. The highest BCUT2D eigenvalue weighted by molar-refractivity contribution is 7.18. The monoisotopic (exact) mass is 414 g/mol. The second-order valence-electron chi connectivity index (χ2n) is 7.85. The van der Waals surface area contributed by atoms with Crippen molar-refractivity contribution in [1.82, 2.24) is 20.1 Å². The van der Waals surface area contributed by atoms with Gasteiger partial charge in [-0.1, -0.05) is 31.4 Å². The van der Waals surface area contributed by atoms with Gasteiger partial charge in [0.1, 0.15) is 12.1 Å². The van der Waals surface area contributed by atoms with Crippen molar-refractivity contribution in [1.29, 1.82) is 0 Å². The first kappa shape index (κ1) is 19.8. The van der Waals surface area contributed by atoms with E-state index in [-0.39, 0.29) is 24.4 Å². The first-order valence-electron chi connectivity index (χ1n) is 10.2. The number of imide groups is 1. The quantitative estimate of drug-likeness (QED) is 0.582. The summed E-state index contributed by atoms with van der Waals surface area (Å²) in [5.41, 5.74) is 0.269. The maximum atomic E-state index is 12.9. The van der Waals surface area contributed by atoms with Crippen LogP contribution in [0.15, 0.2) is 24.3 Å². The minimum atomic E-state index is -0.734. The number of benzene rings is 1. The van der Waals surface area contributed by atoms with Gasteiger partial charge in [0.05, 0.1) is 15.2 Å². The Bertz CT molecular complexity index is 902. The van der Waals surface area contributed by atoms with Crippen LogP contribution in [-0.2, 0) is 16.0 Å². The van der Waals surface area contributed by atoms with Crippen molar-refractivity contribution in [2.45, 2.75) is 50.5 Å². The number of nitrogens with zero attached hydrogens (tertiary/aromatic N) is 3. The number of aryl methyl sites for hydroxylation is 1. The van der Waals surface area contributed by atoms with Gasteiger partial charge in [0.15, 0.2) is 0 Å². The number of carbonyl (C=O) groups is 3. The van der Waals surface area contributed by atoms with E-state index in [4.69, 9.17) is 0 Å². The fourth-order valence-electron chi connectivity index (χ4n) is 4.36. The smallest absolute Gasteiger partial charge is 0.327 e. The summed E-state index contributed by atoms with van der Waals surface area (Å²) in [6.07, 6.45) is 5.89. The number of thiazole rings is 1. The number of rotatable bonds is 6. The Kier molecular flexibility index (Phi) is 5.54. The van der Waals surface area contributed by atoms with Gasteiger partial charge in [0.25, 0.3) is 5.91 Å². The Hall–Kier alpha value is -2.48. The number of urea groups is 1. The number of para-hydroxylation sites is 1. The molecule has 7 nitrogen and oxygen atoms in total. The van der Waals surface area contributed by atoms with Crippen LogP contribution in [0, 0.1) is 0 Å². The molecule has 1 saturated carbocycles. The molecule has 29 heavy (non-hydrogen) atoms. The third-order valence-corrected chi connectivity index (χ3v) is 7.11. The molecule has 4 amide bonds. The molecule has 0 unspecified atom stereocenters. The lowest BCUT2D eigenvalue weighted by atomic mass is 9.81. The fraction of sp³-hybridized carbons (Fsp3) is 0.524. The number of aromatic nitrogens is 1. The van der Waals surface area contributed by atoms with E-state index < -0.39 is 5.54 Å². The van der Waals surface area contributed by atoms with Crippen molar-refractivity contribution in [3.8, 4) is 0 Å². The minimum absolute atomic E-state index is 0.203. The number of hydrogen-bond donors (Lipinski definition) is 1. The van der Waals surface area contributed by atoms with E-state index in [1.54, 1.807) is 23.3 Å². The van der Waals surface area contributed by atoms with E-state index >= 15 is 0 Å². The van der Waals surface area contributed by atoms with Gasteiger partial charge in [0.2, 0.25) is 5.91 Å². The lowest BCUT2D eigenvalue weighted by Crippen LogP contribution is -2.49. The van der Waals surface area contributed by atoms with Crippen molar-refractivity contribution in [3.63, 3.8) is 0 Å². The molecule has 2 aromatic rings. The normalized spacial score (nSPS) is 18.8. The van der Waals surface area contributed by atoms with E-state index in [0.29, 0.717) is 19.4 Å². The maximum Gasteiger partial charge on any atom is 0.327 e. The molecule has 1 aromatic carbocycles. The van der Waals surface area contributed by atoms with E-state index in [1.165, 1.54) is 4.70 Å². The van der Waals surface area contributed by atoms with Crippen LogP contribution in [-0.4, -0.2) is 58.3 Å². The second-order valence-corrected chi connectivity index (χ2v) is 8.97. The largest absolute Gasteiger partial charge is 0.355 e. The molecule has 1 spiro atoms. The molecule has 2 aliphatic rings. The molecule has 8 heteroatoms. The highest BCUT2D eigenvalue weighted by Gasteiger charge is 2.55. The Balaban J connectivity index is 1.27. The molecule has 0 radical (unpaired) electrons. The van der Waals surface area contributed by atoms with Crippen LogP contribution in [0.3, 0.4) is 0 Å². The number of hydrogen-bond acceptors (Lipinski definition) is 5. The topological polar surface area (TPSA) is 82.6 Å². The molecule has 1 N–H and O–H groups in total. The summed E-state index contributed by atoms with van der Waals surface area (Å²) in [6.45, 7) is 0.289. The number of fused-ring (bicyclic) bond motifs is 1.